The van der Waals surface area contributed by atoms with Crippen LogP contribution in [-0.2, 0) is 16.0 Å². The minimum absolute atomic E-state index is 0.167. The van der Waals surface area contributed by atoms with Gasteiger partial charge in [-0.15, -0.1) is 0 Å². The molecule has 1 fully saturated rings. The predicted octanol–water partition coefficient (Wildman–Crippen LogP) is 1.78. The summed E-state index contributed by atoms with van der Waals surface area (Å²) in [5.41, 5.74) is 0.860. The number of fused-ring (bicyclic) bond motifs is 1. The van der Waals surface area contributed by atoms with Gasteiger partial charge >= 0.3 is 0 Å². The van der Waals surface area contributed by atoms with Gasteiger partial charge in [0.15, 0.2) is 0 Å². The Morgan fingerprint density at radius 1 is 1.29 bits per heavy atom. The molecule has 2 amide bonds. The lowest BCUT2D eigenvalue weighted by molar-refractivity contribution is -0.133. The van der Waals surface area contributed by atoms with Gasteiger partial charge in [-0.2, -0.15) is 0 Å². The first-order chi connectivity index (χ1) is 14.8. The number of carbonyl (C=O) groups excluding carboxylic acids is 2. The number of carbonyl (C=O) groups is 2. The maximum atomic E-state index is 13.6. The van der Waals surface area contributed by atoms with Crippen molar-refractivity contribution < 1.29 is 14.0 Å². The van der Waals surface area contributed by atoms with Crippen LogP contribution in [0.4, 0.5) is 4.39 Å². The molecule has 2 heterocycles. The predicted molar refractivity (Wildman–Crippen MR) is 127 cm³/mol. The van der Waals surface area contributed by atoms with Gasteiger partial charge in [-0.1, -0.05) is 24.0 Å². The average Bonchev–Trinajstić information content (AvgIpc) is 3.14. The van der Waals surface area contributed by atoms with E-state index >= 15 is 0 Å². The SMILES string of the molecule is CN(C)C(=S)SCC(=O)NC1(C(=O)NCCc2c[nH]c3ccc(F)cc23)CCNCC1. The van der Waals surface area contributed by atoms with E-state index in [1.807, 2.05) is 20.3 Å². The normalized spacial score (nSPS) is 15.5. The first-order valence-corrected chi connectivity index (χ1v) is 11.6. The molecule has 1 aliphatic heterocycles. The molecule has 1 aromatic carbocycles. The molecular weight excluding hydrogens is 437 g/mol. The fourth-order valence-corrected chi connectivity index (χ4v) is 4.42. The Labute approximate surface area is 190 Å². The summed E-state index contributed by atoms with van der Waals surface area (Å²) in [5.74, 6) is -0.521. The summed E-state index contributed by atoms with van der Waals surface area (Å²) in [6, 6.07) is 4.61. The lowest BCUT2D eigenvalue weighted by atomic mass is 9.87. The van der Waals surface area contributed by atoms with Crippen LogP contribution in [-0.4, -0.2) is 71.0 Å². The minimum Gasteiger partial charge on any atom is -0.364 e. The number of halogens is 1. The quantitative estimate of drug-likeness (QED) is 0.466. The third-order valence-electron chi connectivity index (χ3n) is 5.37. The van der Waals surface area contributed by atoms with Crippen molar-refractivity contribution in [3.05, 3.63) is 35.8 Å². The van der Waals surface area contributed by atoms with Crippen molar-refractivity contribution in [2.45, 2.75) is 24.8 Å². The van der Waals surface area contributed by atoms with Crippen LogP contribution < -0.4 is 16.0 Å². The number of thioether (sulfide) groups is 1. The molecule has 2 aromatic rings. The van der Waals surface area contributed by atoms with E-state index in [0.717, 1.165) is 16.5 Å². The molecule has 1 aliphatic rings. The first kappa shape index (κ1) is 23.5. The number of aromatic nitrogens is 1. The van der Waals surface area contributed by atoms with Crippen molar-refractivity contribution in [2.24, 2.45) is 0 Å². The summed E-state index contributed by atoms with van der Waals surface area (Å²) >= 11 is 6.49. The summed E-state index contributed by atoms with van der Waals surface area (Å²) in [7, 11) is 3.66. The van der Waals surface area contributed by atoms with Crippen molar-refractivity contribution in [1.82, 2.24) is 25.8 Å². The third-order valence-corrected chi connectivity index (χ3v) is 7.11. The highest BCUT2D eigenvalue weighted by Gasteiger charge is 2.40. The zero-order valence-corrected chi connectivity index (χ0v) is 19.4. The highest BCUT2D eigenvalue weighted by molar-refractivity contribution is 8.23. The van der Waals surface area contributed by atoms with Crippen LogP contribution in [0.1, 0.15) is 18.4 Å². The van der Waals surface area contributed by atoms with Gasteiger partial charge in [0.2, 0.25) is 11.8 Å². The fourth-order valence-electron chi connectivity index (χ4n) is 3.66. The van der Waals surface area contributed by atoms with Gasteiger partial charge in [0.1, 0.15) is 15.7 Å². The molecule has 10 heteroatoms. The zero-order chi connectivity index (χ0) is 22.4. The van der Waals surface area contributed by atoms with Crippen molar-refractivity contribution >= 4 is 51.0 Å². The molecule has 0 aliphatic carbocycles. The van der Waals surface area contributed by atoms with Crippen molar-refractivity contribution in [3.63, 3.8) is 0 Å². The van der Waals surface area contributed by atoms with Gasteiger partial charge in [0.25, 0.3) is 0 Å². The molecule has 31 heavy (non-hydrogen) atoms. The monoisotopic (exact) mass is 465 g/mol. The summed E-state index contributed by atoms with van der Waals surface area (Å²) in [4.78, 5) is 30.5. The van der Waals surface area contributed by atoms with E-state index in [9.17, 15) is 14.0 Å². The molecule has 1 saturated heterocycles. The van der Waals surface area contributed by atoms with E-state index in [1.54, 1.807) is 11.0 Å². The van der Waals surface area contributed by atoms with Gasteiger partial charge in [-0.25, -0.2) is 4.39 Å². The third kappa shape index (κ3) is 5.96. The maximum Gasteiger partial charge on any atom is 0.245 e. The topological polar surface area (TPSA) is 89.3 Å². The Balaban J connectivity index is 1.59. The second-order valence-corrected chi connectivity index (χ2v) is 9.45. The Bertz CT molecular complexity index is 956. The molecule has 0 atom stereocenters. The number of H-pyrrole nitrogens is 1. The van der Waals surface area contributed by atoms with Crippen LogP contribution in [0, 0.1) is 5.82 Å². The molecule has 3 rings (SSSR count). The molecule has 0 bridgehead atoms. The Morgan fingerprint density at radius 2 is 2.03 bits per heavy atom. The lowest BCUT2D eigenvalue weighted by Crippen LogP contribution is -2.63. The fraction of sp³-hybridized carbons (Fsp3) is 0.476. The molecule has 0 unspecified atom stereocenters. The van der Waals surface area contributed by atoms with E-state index < -0.39 is 5.54 Å². The van der Waals surface area contributed by atoms with E-state index in [1.165, 1.54) is 23.9 Å². The number of rotatable bonds is 7. The van der Waals surface area contributed by atoms with Gasteiger partial charge in [-0.05, 0) is 56.1 Å². The van der Waals surface area contributed by atoms with Crippen LogP contribution in [0.2, 0.25) is 0 Å². The second kappa shape index (κ2) is 10.4. The van der Waals surface area contributed by atoms with Crippen LogP contribution >= 0.6 is 24.0 Å². The van der Waals surface area contributed by atoms with E-state index in [4.69, 9.17) is 12.2 Å². The Morgan fingerprint density at radius 3 is 2.74 bits per heavy atom. The van der Waals surface area contributed by atoms with E-state index in [0.29, 0.717) is 43.2 Å². The molecule has 7 nitrogen and oxygen atoms in total. The number of hydrogen-bond acceptors (Lipinski definition) is 5. The summed E-state index contributed by atoms with van der Waals surface area (Å²) in [6.45, 7) is 1.70. The van der Waals surface area contributed by atoms with Crippen molar-refractivity contribution in [2.75, 3.05) is 39.5 Å². The second-order valence-electron chi connectivity index (χ2n) is 7.84. The van der Waals surface area contributed by atoms with Crippen LogP contribution in [0.5, 0.6) is 0 Å². The molecule has 0 spiro atoms. The number of hydrogen-bond donors (Lipinski definition) is 4. The van der Waals surface area contributed by atoms with Crippen LogP contribution in [0.25, 0.3) is 10.9 Å². The van der Waals surface area contributed by atoms with Gasteiger partial charge in [0.05, 0.1) is 5.75 Å². The van der Waals surface area contributed by atoms with Crippen LogP contribution in [0.3, 0.4) is 0 Å². The van der Waals surface area contributed by atoms with Crippen molar-refractivity contribution in [1.29, 1.82) is 0 Å². The Kier molecular flexibility index (Phi) is 7.90. The summed E-state index contributed by atoms with van der Waals surface area (Å²) in [5, 5.41) is 9.98. The lowest BCUT2D eigenvalue weighted by Gasteiger charge is -2.37. The number of piperidine rings is 1. The number of thiocarbonyl (C=S) groups is 1. The highest BCUT2D eigenvalue weighted by atomic mass is 32.2. The van der Waals surface area contributed by atoms with E-state index in [-0.39, 0.29) is 23.4 Å². The number of benzene rings is 1. The molecule has 168 valence electrons. The number of aromatic amines is 1. The standard InChI is InChI=1S/C21H28FN5O2S2/c1-27(2)20(30)31-13-18(28)26-21(6-9-23-10-7-21)19(29)24-8-5-14-12-25-17-4-3-15(22)11-16(14)17/h3-4,11-12,23,25H,5-10,13H2,1-2H3,(H,24,29)(H,26,28). The molecule has 0 saturated carbocycles. The number of nitrogens with one attached hydrogen (secondary N) is 4. The van der Waals surface area contributed by atoms with Gasteiger partial charge in [0, 0.05) is 37.7 Å². The summed E-state index contributed by atoms with van der Waals surface area (Å²) in [6.07, 6.45) is 3.44. The summed E-state index contributed by atoms with van der Waals surface area (Å²) < 4.78 is 14.2. The Hall–Kier alpha value is -2.17. The molecule has 1 aromatic heterocycles. The van der Waals surface area contributed by atoms with Crippen molar-refractivity contribution in [3.8, 4) is 0 Å². The van der Waals surface area contributed by atoms with Gasteiger partial charge < -0.3 is 25.8 Å². The number of amides is 2. The zero-order valence-electron chi connectivity index (χ0n) is 17.7. The molecular formula is C21H28FN5O2S2. The minimum atomic E-state index is -0.936. The maximum absolute atomic E-state index is 13.6. The highest BCUT2D eigenvalue weighted by Crippen LogP contribution is 2.21. The molecule has 4 N–H and O–H groups in total. The van der Waals surface area contributed by atoms with Gasteiger partial charge in [-0.3, -0.25) is 9.59 Å². The largest absolute Gasteiger partial charge is 0.364 e. The smallest absolute Gasteiger partial charge is 0.245 e. The first-order valence-electron chi connectivity index (χ1n) is 10.2. The van der Waals surface area contributed by atoms with E-state index in [2.05, 4.69) is 20.9 Å². The average molecular weight is 466 g/mol. The number of nitrogens with zero attached hydrogens (tertiary/aromatic N) is 1. The van der Waals surface area contributed by atoms with Crippen LogP contribution in [0.15, 0.2) is 24.4 Å². The molecule has 0 radical (unpaired) electrons.